The number of aryl methyl sites for hydroxylation is 1. The van der Waals surface area contributed by atoms with E-state index in [1.807, 2.05) is 19.1 Å². The summed E-state index contributed by atoms with van der Waals surface area (Å²) in [4.78, 5) is 8.45. The Hall–Kier alpha value is -3.25. The molecular formula is C21H21F5N4O3. The summed E-state index contributed by atoms with van der Waals surface area (Å²) in [6, 6.07) is 11.5. The quantitative estimate of drug-likeness (QED) is 0.340. The van der Waals surface area contributed by atoms with Gasteiger partial charge >= 0.3 is 12.3 Å². The van der Waals surface area contributed by atoms with Crippen molar-refractivity contribution in [3.8, 4) is 5.75 Å². The lowest BCUT2D eigenvalue weighted by Crippen LogP contribution is -2.52. The van der Waals surface area contributed by atoms with Gasteiger partial charge in [-0.1, -0.05) is 29.8 Å². The van der Waals surface area contributed by atoms with E-state index in [1.165, 1.54) is 12.1 Å². The van der Waals surface area contributed by atoms with E-state index in [2.05, 4.69) is 20.0 Å². The molecule has 0 aliphatic carbocycles. The number of anilines is 1. The Kier molecular flexibility index (Phi) is 6.89. The fourth-order valence-electron chi connectivity index (χ4n) is 2.60. The number of hydrogen-bond donors (Lipinski definition) is 3. The van der Waals surface area contributed by atoms with Crippen molar-refractivity contribution in [3.63, 3.8) is 0 Å². The second kappa shape index (κ2) is 9.32. The van der Waals surface area contributed by atoms with Gasteiger partial charge in [0.2, 0.25) is 5.96 Å². The van der Waals surface area contributed by atoms with Gasteiger partial charge in [-0.25, -0.2) is 4.99 Å². The molecule has 1 heterocycles. The normalized spacial score (nSPS) is 16.8. The predicted octanol–water partition coefficient (Wildman–Crippen LogP) is 3.46. The number of hydrogen-bond acceptors (Lipinski definition) is 4. The summed E-state index contributed by atoms with van der Waals surface area (Å²) >= 11 is 0. The first-order chi connectivity index (χ1) is 15.4. The Morgan fingerprint density at radius 1 is 1.09 bits per heavy atom. The molecule has 0 amide bonds. The molecule has 0 bridgehead atoms. The van der Waals surface area contributed by atoms with Crippen molar-refractivity contribution in [1.82, 2.24) is 0 Å². The van der Waals surface area contributed by atoms with Crippen LogP contribution in [-0.2, 0) is 4.74 Å². The van der Waals surface area contributed by atoms with Crippen molar-refractivity contribution in [1.29, 1.82) is 0 Å². The third-order valence-corrected chi connectivity index (χ3v) is 4.52. The zero-order valence-electron chi connectivity index (χ0n) is 17.4. The van der Waals surface area contributed by atoms with Gasteiger partial charge < -0.3 is 25.6 Å². The summed E-state index contributed by atoms with van der Waals surface area (Å²) in [6.45, 7) is 2.05. The maximum absolute atomic E-state index is 13.1. The van der Waals surface area contributed by atoms with Crippen LogP contribution in [0.4, 0.5) is 27.6 Å². The molecule has 2 aromatic carbocycles. The minimum Gasteiger partial charge on any atom is -0.426 e. The highest BCUT2D eigenvalue weighted by Gasteiger charge is 2.61. The lowest BCUT2D eigenvalue weighted by molar-refractivity contribution is -0.360. The average molecular weight is 472 g/mol. The molecule has 2 aromatic rings. The molecule has 1 aliphatic heterocycles. The molecule has 3 rings (SSSR count). The SMILES string of the molecule is Cc1ccc(C(N)=NC(=NCC2(O)COC2)Nc2ccc(OC(F)(F)C(F)(F)F)cc2)cc1. The summed E-state index contributed by atoms with van der Waals surface area (Å²) < 4.78 is 71.8. The van der Waals surface area contributed by atoms with Gasteiger partial charge in [0.25, 0.3) is 0 Å². The van der Waals surface area contributed by atoms with Crippen molar-refractivity contribution < 1.29 is 36.5 Å². The molecule has 4 N–H and O–H groups in total. The summed E-state index contributed by atoms with van der Waals surface area (Å²) in [6.07, 6.45) is -11.2. The Bertz CT molecular complexity index is 1020. The molecular weight excluding hydrogens is 451 g/mol. The third-order valence-electron chi connectivity index (χ3n) is 4.52. The fourth-order valence-corrected chi connectivity index (χ4v) is 2.60. The first kappa shape index (κ1) is 24.4. The maximum Gasteiger partial charge on any atom is 0.499 e. The summed E-state index contributed by atoms with van der Waals surface area (Å²) in [5.74, 6) is -0.587. The first-order valence-corrected chi connectivity index (χ1v) is 9.63. The number of nitrogens with zero attached hydrogens (tertiary/aromatic N) is 2. The van der Waals surface area contributed by atoms with Crippen LogP contribution in [0.2, 0.25) is 0 Å². The number of alkyl halides is 5. The van der Waals surface area contributed by atoms with Crippen molar-refractivity contribution in [2.45, 2.75) is 24.8 Å². The molecule has 0 saturated carbocycles. The number of ether oxygens (including phenoxy) is 2. The van der Waals surface area contributed by atoms with Gasteiger partial charge in [-0.05, 0) is 31.2 Å². The lowest BCUT2D eigenvalue weighted by Gasteiger charge is -2.34. The largest absolute Gasteiger partial charge is 0.499 e. The first-order valence-electron chi connectivity index (χ1n) is 9.63. The minimum atomic E-state index is -5.85. The van der Waals surface area contributed by atoms with Crippen molar-refractivity contribution in [2.24, 2.45) is 15.7 Å². The fraction of sp³-hybridized carbons (Fsp3) is 0.333. The Morgan fingerprint density at radius 3 is 2.21 bits per heavy atom. The van der Waals surface area contributed by atoms with Gasteiger partial charge in [-0.3, -0.25) is 0 Å². The van der Waals surface area contributed by atoms with Crippen LogP contribution in [0.3, 0.4) is 0 Å². The number of aliphatic hydroxyl groups is 1. The molecule has 0 unspecified atom stereocenters. The molecule has 0 atom stereocenters. The summed E-state index contributed by atoms with van der Waals surface area (Å²) in [7, 11) is 0. The topological polar surface area (TPSA) is 101 Å². The van der Waals surface area contributed by atoms with E-state index >= 15 is 0 Å². The Labute approximate surface area is 185 Å². The highest BCUT2D eigenvalue weighted by molar-refractivity contribution is 6.08. The predicted molar refractivity (Wildman–Crippen MR) is 112 cm³/mol. The number of nitrogens with one attached hydrogen (secondary N) is 1. The van der Waals surface area contributed by atoms with Crippen LogP contribution < -0.4 is 15.8 Å². The molecule has 178 valence electrons. The molecule has 1 fully saturated rings. The smallest absolute Gasteiger partial charge is 0.426 e. The second-order valence-corrected chi connectivity index (χ2v) is 7.49. The molecule has 12 heteroatoms. The summed E-state index contributed by atoms with van der Waals surface area (Å²) in [5, 5.41) is 13.0. The Balaban J connectivity index is 1.79. The highest BCUT2D eigenvalue weighted by Crippen LogP contribution is 2.37. The van der Waals surface area contributed by atoms with Crippen LogP contribution in [-0.4, -0.2) is 54.5 Å². The number of rotatable bonds is 6. The van der Waals surface area contributed by atoms with E-state index in [1.54, 1.807) is 12.1 Å². The minimum absolute atomic E-state index is 0.0114. The lowest BCUT2D eigenvalue weighted by atomic mass is 10.0. The van der Waals surface area contributed by atoms with E-state index in [0.29, 0.717) is 5.56 Å². The van der Waals surface area contributed by atoms with E-state index < -0.39 is 23.6 Å². The van der Waals surface area contributed by atoms with Crippen LogP contribution in [0.15, 0.2) is 58.5 Å². The summed E-state index contributed by atoms with van der Waals surface area (Å²) in [5.41, 5.74) is 6.79. The molecule has 0 aromatic heterocycles. The van der Waals surface area contributed by atoms with Crippen LogP contribution in [0, 0.1) is 6.92 Å². The van der Waals surface area contributed by atoms with Gasteiger partial charge in [0.1, 0.15) is 17.2 Å². The van der Waals surface area contributed by atoms with Crippen LogP contribution in [0.5, 0.6) is 5.75 Å². The molecule has 1 aliphatic rings. The third kappa shape index (κ3) is 6.39. The standard InChI is InChI=1S/C21H21F5N4O3/c1-13-2-4-14(5-3-13)17(27)30-18(28-10-19(31)11-32-12-19)29-15-6-8-16(9-7-15)33-21(25,26)20(22,23)24/h2-9,31H,10-12H2,1H3,(H3,27,28,29,30). The second-order valence-electron chi connectivity index (χ2n) is 7.49. The van der Waals surface area contributed by atoms with Crippen LogP contribution >= 0.6 is 0 Å². The van der Waals surface area contributed by atoms with E-state index in [-0.39, 0.29) is 37.2 Å². The van der Waals surface area contributed by atoms with Gasteiger partial charge in [0, 0.05) is 11.3 Å². The maximum atomic E-state index is 13.1. The monoisotopic (exact) mass is 472 g/mol. The van der Waals surface area contributed by atoms with E-state index in [9.17, 15) is 27.1 Å². The van der Waals surface area contributed by atoms with Crippen molar-refractivity contribution in [3.05, 3.63) is 59.7 Å². The average Bonchev–Trinajstić information content (AvgIpc) is 2.71. The number of benzene rings is 2. The Morgan fingerprint density at radius 2 is 1.70 bits per heavy atom. The highest BCUT2D eigenvalue weighted by atomic mass is 19.4. The number of aliphatic imine (C=N–C) groups is 2. The van der Waals surface area contributed by atoms with Crippen molar-refractivity contribution >= 4 is 17.5 Å². The number of nitrogens with two attached hydrogens (primary N) is 1. The van der Waals surface area contributed by atoms with Crippen molar-refractivity contribution in [2.75, 3.05) is 25.1 Å². The van der Waals surface area contributed by atoms with E-state index in [0.717, 1.165) is 17.7 Å². The van der Waals surface area contributed by atoms with Gasteiger partial charge in [-0.2, -0.15) is 26.9 Å². The molecule has 0 spiro atoms. The number of guanidine groups is 1. The van der Waals surface area contributed by atoms with E-state index in [4.69, 9.17) is 10.5 Å². The molecule has 1 saturated heterocycles. The van der Waals surface area contributed by atoms with Crippen LogP contribution in [0.25, 0.3) is 0 Å². The van der Waals surface area contributed by atoms with Gasteiger partial charge in [-0.15, -0.1) is 0 Å². The molecule has 0 radical (unpaired) electrons. The van der Waals surface area contributed by atoms with Gasteiger partial charge in [0.15, 0.2) is 0 Å². The molecule has 33 heavy (non-hydrogen) atoms. The van der Waals surface area contributed by atoms with Crippen LogP contribution in [0.1, 0.15) is 11.1 Å². The zero-order valence-corrected chi connectivity index (χ0v) is 17.4. The molecule has 7 nitrogen and oxygen atoms in total. The van der Waals surface area contributed by atoms with Gasteiger partial charge in [0.05, 0.1) is 19.8 Å². The zero-order chi connectivity index (χ0) is 24.3. The number of amidine groups is 1. The number of halogens is 5.